The van der Waals surface area contributed by atoms with Crippen LogP contribution in [0.15, 0.2) is 11.6 Å². The first-order chi connectivity index (χ1) is 6.31. The average Bonchev–Trinajstić information content (AvgIpc) is 1.75. The van der Waals surface area contributed by atoms with Gasteiger partial charge in [0, 0.05) is 0 Å². The Balaban J connectivity index is 5.02. The van der Waals surface area contributed by atoms with Crippen molar-refractivity contribution >= 4 is 0 Å². The molecular weight excluding hydrogens is 180 g/mol. The van der Waals surface area contributed by atoms with Crippen LogP contribution in [-0.4, -0.2) is 0 Å². The molecule has 0 aromatic rings. The monoisotopic (exact) mass is 210 g/mol. The maximum Gasteiger partial charge on any atom is -0.0173 e. The Kier molecular flexibility index (Phi) is 4.24. The standard InChI is InChI=1S/C15H30/c1-13(2,3)10-12(15(7,8)9)11-14(4,5)6/h10H,11H2,1-9H3/b12-10-. The van der Waals surface area contributed by atoms with Gasteiger partial charge in [-0.3, -0.25) is 0 Å². The lowest BCUT2D eigenvalue weighted by atomic mass is 9.74. The molecule has 0 amide bonds. The van der Waals surface area contributed by atoms with Crippen LogP contribution in [-0.2, 0) is 0 Å². The lowest BCUT2D eigenvalue weighted by molar-refractivity contribution is 0.351. The van der Waals surface area contributed by atoms with Crippen molar-refractivity contribution in [3.8, 4) is 0 Å². The van der Waals surface area contributed by atoms with Gasteiger partial charge in [-0.1, -0.05) is 74.0 Å². The summed E-state index contributed by atoms with van der Waals surface area (Å²) in [4.78, 5) is 0. The van der Waals surface area contributed by atoms with Crippen molar-refractivity contribution in [3.63, 3.8) is 0 Å². The minimum atomic E-state index is 0.286. The normalized spacial score (nSPS) is 15.7. The summed E-state index contributed by atoms with van der Waals surface area (Å²) in [6.07, 6.45) is 3.64. The van der Waals surface area contributed by atoms with Crippen LogP contribution in [0.1, 0.15) is 68.7 Å². The fraction of sp³-hybridized carbons (Fsp3) is 0.867. The molecule has 0 radical (unpaired) electrons. The largest absolute Gasteiger partial charge is 0.0794 e. The summed E-state index contributed by atoms with van der Waals surface area (Å²) in [6.45, 7) is 20.7. The van der Waals surface area contributed by atoms with Crippen molar-refractivity contribution in [3.05, 3.63) is 11.6 Å². The summed E-state index contributed by atoms with van der Waals surface area (Å²) in [6, 6.07) is 0. The Morgan fingerprint density at radius 2 is 1.20 bits per heavy atom. The van der Waals surface area contributed by atoms with Gasteiger partial charge >= 0.3 is 0 Å². The van der Waals surface area contributed by atoms with E-state index in [0.29, 0.717) is 10.8 Å². The fourth-order valence-corrected chi connectivity index (χ4v) is 1.63. The molecule has 0 spiro atoms. The molecule has 0 unspecified atom stereocenters. The van der Waals surface area contributed by atoms with Crippen molar-refractivity contribution in [1.29, 1.82) is 0 Å². The van der Waals surface area contributed by atoms with E-state index in [4.69, 9.17) is 0 Å². The fourth-order valence-electron chi connectivity index (χ4n) is 1.63. The predicted molar refractivity (Wildman–Crippen MR) is 71.1 cm³/mol. The van der Waals surface area contributed by atoms with Crippen LogP contribution in [0.4, 0.5) is 0 Å². The zero-order valence-corrected chi connectivity index (χ0v) is 12.3. The molecule has 0 N–H and O–H groups in total. The third-order valence-electron chi connectivity index (χ3n) is 2.29. The first-order valence-electron chi connectivity index (χ1n) is 6.03. The van der Waals surface area contributed by atoms with Gasteiger partial charge in [0.2, 0.25) is 0 Å². The summed E-state index contributed by atoms with van der Waals surface area (Å²) in [5, 5.41) is 0. The van der Waals surface area contributed by atoms with Crippen LogP contribution in [0.3, 0.4) is 0 Å². The number of hydrogen-bond acceptors (Lipinski definition) is 0. The molecule has 0 saturated heterocycles. The van der Waals surface area contributed by atoms with E-state index in [-0.39, 0.29) is 5.41 Å². The van der Waals surface area contributed by atoms with E-state index in [2.05, 4.69) is 68.4 Å². The summed E-state index contributed by atoms with van der Waals surface area (Å²) in [5.41, 5.74) is 2.54. The van der Waals surface area contributed by atoms with Gasteiger partial charge in [0.05, 0.1) is 0 Å². The van der Waals surface area contributed by atoms with E-state index in [9.17, 15) is 0 Å². The Bertz CT molecular complexity index is 222. The second kappa shape index (κ2) is 4.31. The maximum atomic E-state index is 2.46. The predicted octanol–water partition coefficient (Wildman–Crippen LogP) is 5.44. The van der Waals surface area contributed by atoms with E-state index in [0.717, 1.165) is 0 Å². The molecule has 90 valence electrons. The van der Waals surface area contributed by atoms with Crippen LogP contribution < -0.4 is 0 Å². The molecule has 0 aromatic heterocycles. The molecule has 0 heteroatoms. The lowest BCUT2D eigenvalue weighted by Gasteiger charge is -2.32. The summed E-state index contributed by atoms with van der Waals surface area (Å²) in [5.74, 6) is 0. The first kappa shape index (κ1) is 14.7. The SMILES string of the molecule is CC(C)(C)/C=C(/CC(C)(C)C)C(C)(C)C. The van der Waals surface area contributed by atoms with Gasteiger partial charge in [-0.2, -0.15) is 0 Å². The third kappa shape index (κ3) is 7.64. The van der Waals surface area contributed by atoms with Crippen molar-refractivity contribution in [2.75, 3.05) is 0 Å². The van der Waals surface area contributed by atoms with Gasteiger partial charge in [0.1, 0.15) is 0 Å². The van der Waals surface area contributed by atoms with Gasteiger partial charge in [-0.15, -0.1) is 0 Å². The highest BCUT2D eigenvalue weighted by molar-refractivity contribution is 5.15. The summed E-state index contributed by atoms with van der Waals surface area (Å²) < 4.78 is 0. The average molecular weight is 210 g/mol. The topological polar surface area (TPSA) is 0 Å². The second-order valence-electron chi connectivity index (χ2n) is 8.02. The Labute approximate surface area is 97.2 Å². The van der Waals surface area contributed by atoms with Crippen LogP contribution in [0.25, 0.3) is 0 Å². The molecule has 15 heavy (non-hydrogen) atoms. The van der Waals surface area contributed by atoms with Gasteiger partial charge in [0.25, 0.3) is 0 Å². The molecule has 0 aromatic carbocycles. The summed E-state index contributed by atoms with van der Waals surface area (Å²) in [7, 11) is 0. The Morgan fingerprint density at radius 1 is 0.800 bits per heavy atom. The van der Waals surface area contributed by atoms with Crippen molar-refractivity contribution in [2.45, 2.75) is 68.7 Å². The van der Waals surface area contributed by atoms with Crippen LogP contribution in [0.5, 0.6) is 0 Å². The Hall–Kier alpha value is -0.260. The van der Waals surface area contributed by atoms with E-state index in [1.807, 2.05) is 0 Å². The zero-order chi connectivity index (χ0) is 12.5. The zero-order valence-electron chi connectivity index (χ0n) is 12.3. The number of rotatable bonds is 1. The molecular formula is C15H30. The molecule has 0 aliphatic rings. The molecule has 0 aliphatic heterocycles. The van der Waals surface area contributed by atoms with Crippen LogP contribution in [0, 0.1) is 16.2 Å². The van der Waals surface area contributed by atoms with Crippen molar-refractivity contribution in [1.82, 2.24) is 0 Å². The third-order valence-corrected chi connectivity index (χ3v) is 2.29. The molecule has 0 aliphatic carbocycles. The smallest absolute Gasteiger partial charge is 0.0173 e. The van der Waals surface area contributed by atoms with E-state index < -0.39 is 0 Å². The van der Waals surface area contributed by atoms with E-state index in [1.165, 1.54) is 6.42 Å². The number of allylic oxidation sites excluding steroid dienone is 2. The van der Waals surface area contributed by atoms with Gasteiger partial charge in [0.15, 0.2) is 0 Å². The quantitative estimate of drug-likeness (QED) is 0.505. The first-order valence-corrected chi connectivity index (χ1v) is 6.03. The summed E-state index contributed by atoms with van der Waals surface area (Å²) >= 11 is 0. The molecule has 0 heterocycles. The molecule has 0 saturated carbocycles. The second-order valence-corrected chi connectivity index (χ2v) is 8.02. The van der Waals surface area contributed by atoms with E-state index >= 15 is 0 Å². The lowest BCUT2D eigenvalue weighted by Crippen LogP contribution is -2.18. The molecule has 0 fully saturated rings. The van der Waals surface area contributed by atoms with Gasteiger partial charge in [-0.25, -0.2) is 0 Å². The minimum Gasteiger partial charge on any atom is -0.0794 e. The van der Waals surface area contributed by atoms with Gasteiger partial charge < -0.3 is 0 Å². The van der Waals surface area contributed by atoms with Crippen LogP contribution >= 0.6 is 0 Å². The molecule has 0 bridgehead atoms. The highest BCUT2D eigenvalue weighted by Gasteiger charge is 2.24. The van der Waals surface area contributed by atoms with Crippen molar-refractivity contribution < 1.29 is 0 Å². The molecule has 0 atom stereocenters. The Morgan fingerprint density at radius 3 is 1.40 bits per heavy atom. The number of hydrogen-bond donors (Lipinski definition) is 0. The highest BCUT2D eigenvalue weighted by Crippen LogP contribution is 2.37. The highest BCUT2D eigenvalue weighted by atomic mass is 14.3. The van der Waals surface area contributed by atoms with Crippen LogP contribution in [0.2, 0.25) is 0 Å². The van der Waals surface area contributed by atoms with E-state index in [1.54, 1.807) is 5.57 Å². The minimum absolute atomic E-state index is 0.286. The van der Waals surface area contributed by atoms with Gasteiger partial charge in [-0.05, 0) is 22.7 Å². The maximum absolute atomic E-state index is 2.46. The van der Waals surface area contributed by atoms with Crippen molar-refractivity contribution in [2.24, 2.45) is 16.2 Å². The molecule has 0 nitrogen and oxygen atoms in total. The molecule has 0 rings (SSSR count).